The van der Waals surface area contributed by atoms with Crippen LogP contribution in [-0.2, 0) is 18.3 Å². The highest BCUT2D eigenvalue weighted by molar-refractivity contribution is 9.10. The second kappa shape index (κ2) is 11.2. The highest BCUT2D eigenvalue weighted by Gasteiger charge is 2.73. The number of nitrogens with zero attached hydrogens (tertiary/aromatic N) is 1. The average molecular weight is 655 g/mol. The molecule has 0 bridgehead atoms. The minimum absolute atomic E-state index is 0.0215. The maximum absolute atomic E-state index is 14.5. The molecule has 3 aromatic carbocycles. The van der Waals surface area contributed by atoms with Crippen LogP contribution in [0.15, 0.2) is 65.1 Å². The molecule has 0 fully saturated rings. The lowest BCUT2D eigenvalue weighted by atomic mass is 9.89. The molecule has 0 aromatic heterocycles. The fourth-order valence-corrected chi connectivity index (χ4v) is 4.29. The standard InChI is InChI=1S/C26H13BrF10N2O2/c27-20-10-16(23(28,25(32,33)34)26(35,36)37)9-19(24(29,30)31)18(20)11-21(40)15-2-1-3-17(8-15)39-22(41)14-6-4-13(12-38)5-7-14/h1-10H,11H2,(H,39,41). The summed E-state index contributed by atoms with van der Waals surface area (Å²) in [6, 6.07) is 11.4. The third-order valence-electron chi connectivity index (χ3n) is 5.74. The maximum Gasteiger partial charge on any atom is 0.435 e. The highest BCUT2D eigenvalue weighted by atomic mass is 79.9. The third-order valence-corrected chi connectivity index (χ3v) is 6.44. The van der Waals surface area contributed by atoms with E-state index in [0.717, 1.165) is 12.1 Å². The van der Waals surface area contributed by atoms with Gasteiger partial charge in [-0.2, -0.15) is 44.8 Å². The van der Waals surface area contributed by atoms with E-state index in [-0.39, 0.29) is 28.4 Å². The van der Waals surface area contributed by atoms with Gasteiger partial charge in [-0.15, -0.1) is 0 Å². The Bertz CT molecular complexity index is 1510. The zero-order valence-corrected chi connectivity index (χ0v) is 21.5. The van der Waals surface area contributed by atoms with Gasteiger partial charge >= 0.3 is 24.2 Å². The Morgan fingerprint density at radius 1 is 0.805 bits per heavy atom. The van der Waals surface area contributed by atoms with Gasteiger partial charge in [-0.3, -0.25) is 9.59 Å². The van der Waals surface area contributed by atoms with Crippen molar-refractivity contribution in [1.29, 1.82) is 5.26 Å². The third kappa shape index (κ3) is 6.53. The summed E-state index contributed by atoms with van der Waals surface area (Å²) in [6.45, 7) is 0. The topological polar surface area (TPSA) is 70.0 Å². The summed E-state index contributed by atoms with van der Waals surface area (Å²) in [5, 5.41) is 11.3. The van der Waals surface area contributed by atoms with Crippen LogP contribution in [0.4, 0.5) is 49.6 Å². The van der Waals surface area contributed by atoms with Gasteiger partial charge in [-0.1, -0.05) is 28.1 Å². The molecule has 1 N–H and O–H groups in total. The largest absolute Gasteiger partial charge is 0.435 e. The number of alkyl halides is 10. The Hall–Kier alpha value is -3.93. The van der Waals surface area contributed by atoms with Crippen LogP contribution >= 0.6 is 15.9 Å². The van der Waals surface area contributed by atoms with Crippen LogP contribution in [0, 0.1) is 11.3 Å². The molecule has 0 saturated heterocycles. The Labute approximate surface area is 232 Å². The molecule has 3 aromatic rings. The van der Waals surface area contributed by atoms with E-state index in [9.17, 15) is 53.5 Å². The van der Waals surface area contributed by atoms with Crippen molar-refractivity contribution in [1.82, 2.24) is 0 Å². The maximum atomic E-state index is 14.5. The number of amides is 1. The SMILES string of the molecule is N#Cc1ccc(C(=O)Nc2cccc(C(=O)Cc3c(Br)cc(C(F)(C(F)(F)F)C(F)(F)F)cc3C(F)(F)F)c2)cc1. The quantitative estimate of drug-likeness (QED) is 0.215. The predicted octanol–water partition coefficient (Wildman–Crippen LogP) is 8.31. The minimum atomic E-state index is -6.66. The molecule has 3 rings (SSSR count). The Kier molecular flexibility index (Phi) is 8.59. The number of carbonyl (C=O) groups excluding carboxylic acids is 2. The molecule has 0 heterocycles. The predicted molar refractivity (Wildman–Crippen MR) is 128 cm³/mol. The number of rotatable bonds is 6. The van der Waals surface area contributed by atoms with Gasteiger partial charge in [-0.05, 0) is 54.1 Å². The summed E-state index contributed by atoms with van der Waals surface area (Å²) in [7, 11) is 0. The van der Waals surface area contributed by atoms with Crippen molar-refractivity contribution in [3.8, 4) is 6.07 Å². The smallest absolute Gasteiger partial charge is 0.322 e. The van der Waals surface area contributed by atoms with Crippen molar-refractivity contribution in [2.24, 2.45) is 0 Å². The first-order valence-electron chi connectivity index (χ1n) is 11.0. The number of carbonyl (C=O) groups is 2. The molecule has 216 valence electrons. The molecule has 0 spiro atoms. The van der Waals surface area contributed by atoms with Gasteiger partial charge in [0.25, 0.3) is 5.91 Å². The summed E-state index contributed by atoms with van der Waals surface area (Å²) in [4.78, 5) is 25.3. The van der Waals surface area contributed by atoms with Gasteiger partial charge < -0.3 is 5.32 Å². The van der Waals surface area contributed by atoms with E-state index in [2.05, 4.69) is 21.2 Å². The van der Waals surface area contributed by atoms with E-state index in [0.29, 0.717) is 0 Å². The zero-order chi connectivity index (χ0) is 31.0. The van der Waals surface area contributed by atoms with E-state index < -0.39 is 69.5 Å². The number of hydrogen-bond acceptors (Lipinski definition) is 3. The molecule has 1 amide bonds. The minimum Gasteiger partial charge on any atom is -0.322 e. The lowest BCUT2D eigenvalue weighted by Gasteiger charge is -2.31. The summed E-state index contributed by atoms with van der Waals surface area (Å²) in [6.07, 6.45) is -20.1. The van der Waals surface area contributed by atoms with Gasteiger partial charge in [0.05, 0.1) is 17.2 Å². The van der Waals surface area contributed by atoms with Gasteiger partial charge in [-0.25, -0.2) is 4.39 Å². The van der Waals surface area contributed by atoms with Crippen molar-refractivity contribution in [3.05, 3.63) is 98.5 Å². The molecule has 0 aliphatic heterocycles. The van der Waals surface area contributed by atoms with Gasteiger partial charge in [0.15, 0.2) is 5.78 Å². The number of halogens is 11. The molecule has 0 saturated carbocycles. The van der Waals surface area contributed by atoms with Crippen molar-refractivity contribution < 1.29 is 53.5 Å². The van der Waals surface area contributed by atoms with Crippen molar-refractivity contribution in [2.45, 2.75) is 30.6 Å². The molecular weight excluding hydrogens is 642 g/mol. The second-order valence-electron chi connectivity index (χ2n) is 8.46. The number of anilines is 1. The molecule has 15 heteroatoms. The van der Waals surface area contributed by atoms with Crippen LogP contribution in [-0.4, -0.2) is 24.0 Å². The molecule has 0 radical (unpaired) electrons. The number of Topliss-reactive ketones (excluding diaryl/α,β-unsaturated/α-hetero) is 1. The van der Waals surface area contributed by atoms with Gasteiger partial charge in [0.1, 0.15) is 0 Å². The first-order valence-corrected chi connectivity index (χ1v) is 11.8. The highest BCUT2D eigenvalue weighted by Crippen LogP contribution is 2.54. The van der Waals surface area contributed by atoms with E-state index in [1.165, 1.54) is 36.4 Å². The van der Waals surface area contributed by atoms with E-state index in [1.54, 1.807) is 0 Å². The summed E-state index contributed by atoms with van der Waals surface area (Å²) in [5.74, 6) is -1.72. The first kappa shape index (κ1) is 31.6. The van der Waals surface area contributed by atoms with Gasteiger partial charge in [0, 0.05) is 33.3 Å². The zero-order valence-electron chi connectivity index (χ0n) is 19.9. The van der Waals surface area contributed by atoms with E-state index >= 15 is 0 Å². The Morgan fingerprint density at radius 2 is 1.39 bits per heavy atom. The first-order chi connectivity index (χ1) is 18.8. The molecule has 4 nitrogen and oxygen atoms in total. The lowest BCUT2D eigenvalue weighted by Crippen LogP contribution is -2.50. The van der Waals surface area contributed by atoms with Crippen LogP contribution in [0.3, 0.4) is 0 Å². The van der Waals surface area contributed by atoms with Crippen LogP contribution in [0.25, 0.3) is 0 Å². The number of hydrogen-bond donors (Lipinski definition) is 1. The fraction of sp³-hybridized carbons (Fsp3) is 0.192. The number of benzene rings is 3. The summed E-state index contributed by atoms with van der Waals surface area (Å²) < 4.78 is 134. The molecular formula is C26H13BrF10N2O2. The lowest BCUT2D eigenvalue weighted by molar-refractivity contribution is -0.348. The molecule has 0 aliphatic carbocycles. The number of ketones is 1. The normalized spacial score (nSPS) is 12.5. The number of nitriles is 1. The fourth-order valence-electron chi connectivity index (χ4n) is 3.69. The van der Waals surface area contributed by atoms with Crippen molar-refractivity contribution >= 4 is 33.3 Å². The number of nitrogens with one attached hydrogen (secondary N) is 1. The molecule has 0 unspecified atom stereocenters. The van der Waals surface area contributed by atoms with Crippen LogP contribution in [0.5, 0.6) is 0 Å². The monoisotopic (exact) mass is 654 g/mol. The molecule has 0 aliphatic rings. The van der Waals surface area contributed by atoms with Crippen molar-refractivity contribution in [2.75, 3.05) is 5.32 Å². The Balaban J connectivity index is 1.97. The molecule has 41 heavy (non-hydrogen) atoms. The average Bonchev–Trinajstić information content (AvgIpc) is 2.87. The molecule has 0 atom stereocenters. The van der Waals surface area contributed by atoms with Crippen LogP contribution in [0.2, 0.25) is 0 Å². The van der Waals surface area contributed by atoms with Crippen molar-refractivity contribution in [3.63, 3.8) is 0 Å². The summed E-state index contributed by atoms with van der Waals surface area (Å²) >= 11 is 2.47. The Morgan fingerprint density at radius 3 is 1.90 bits per heavy atom. The summed E-state index contributed by atoms with van der Waals surface area (Å²) in [5.41, 5.74) is -11.5. The van der Waals surface area contributed by atoms with Crippen LogP contribution < -0.4 is 5.32 Å². The second-order valence-corrected chi connectivity index (χ2v) is 9.31. The van der Waals surface area contributed by atoms with E-state index in [1.807, 2.05) is 6.07 Å². The van der Waals surface area contributed by atoms with Crippen LogP contribution in [0.1, 0.15) is 43.0 Å². The van der Waals surface area contributed by atoms with E-state index in [4.69, 9.17) is 5.26 Å². The van der Waals surface area contributed by atoms with Gasteiger partial charge in [0.2, 0.25) is 0 Å².